The fraction of sp³-hybridized carbons (Fsp3) is 0.308. The Morgan fingerprint density at radius 3 is 2.83 bits per heavy atom. The fourth-order valence-electron chi connectivity index (χ4n) is 1.83. The van der Waals surface area contributed by atoms with Gasteiger partial charge in [-0.3, -0.25) is 4.68 Å². The minimum absolute atomic E-state index is 0.240. The number of rotatable bonds is 4. The maximum Gasteiger partial charge on any atom is 0.177 e. The molecule has 0 aliphatic rings. The smallest absolute Gasteiger partial charge is 0.177 e. The highest BCUT2D eigenvalue weighted by Crippen LogP contribution is 2.29. The molecular weight excluding hydrogens is 233 g/mol. The molecule has 2 aromatic rings. The van der Waals surface area contributed by atoms with Crippen LogP contribution in [0.15, 0.2) is 24.5 Å². The van der Waals surface area contributed by atoms with E-state index >= 15 is 0 Å². The highest BCUT2D eigenvalue weighted by atomic mass is 19.1. The van der Waals surface area contributed by atoms with Crippen molar-refractivity contribution in [1.29, 1.82) is 0 Å². The van der Waals surface area contributed by atoms with Gasteiger partial charge in [-0.25, -0.2) is 4.39 Å². The normalized spacial score (nSPS) is 10.4. The standard InChI is InChI=1S/C13H16FN3O/c1-9-4-11(14)13(18-3)12(5-9)15-6-10-7-16-17(2)8-10/h4-5,7-8,15H,6H2,1-3H3. The Morgan fingerprint density at radius 1 is 1.44 bits per heavy atom. The van der Waals surface area contributed by atoms with Gasteiger partial charge in [0.25, 0.3) is 0 Å². The van der Waals surface area contributed by atoms with Crippen molar-refractivity contribution >= 4 is 5.69 Å². The summed E-state index contributed by atoms with van der Waals surface area (Å²) >= 11 is 0. The Balaban J connectivity index is 2.18. The lowest BCUT2D eigenvalue weighted by molar-refractivity contribution is 0.388. The largest absolute Gasteiger partial charge is 0.492 e. The molecule has 1 N–H and O–H groups in total. The zero-order valence-electron chi connectivity index (χ0n) is 10.7. The third-order valence-corrected chi connectivity index (χ3v) is 2.63. The second-order valence-corrected chi connectivity index (χ2v) is 4.20. The molecule has 1 aromatic heterocycles. The van der Waals surface area contributed by atoms with E-state index < -0.39 is 0 Å². The first kappa shape index (κ1) is 12.4. The summed E-state index contributed by atoms with van der Waals surface area (Å²) in [4.78, 5) is 0. The van der Waals surface area contributed by atoms with Gasteiger partial charge in [0, 0.05) is 25.4 Å². The van der Waals surface area contributed by atoms with Crippen LogP contribution in [-0.2, 0) is 13.6 Å². The molecule has 0 bridgehead atoms. The van der Waals surface area contributed by atoms with Crippen molar-refractivity contribution in [2.24, 2.45) is 7.05 Å². The van der Waals surface area contributed by atoms with E-state index in [4.69, 9.17) is 4.74 Å². The van der Waals surface area contributed by atoms with E-state index in [1.807, 2.05) is 26.2 Å². The summed E-state index contributed by atoms with van der Waals surface area (Å²) in [5.41, 5.74) is 2.53. The van der Waals surface area contributed by atoms with E-state index in [2.05, 4.69) is 10.4 Å². The van der Waals surface area contributed by atoms with Crippen LogP contribution in [0.25, 0.3) is 0 Å². The number of nitrogens with one attached hydrogen (secondary N) is 1. The van der Waals surface area contributed by atoms with Gasteiger partial charge in [-0.1, -0.05) is 0 Å². The first-order valence-corrected chi connectivity index (χ1v) is 5.65. The molecule has 96 valence electrons. The fourth-order valence-corrected chi connectivity index (χ4v) is 1.83. The zero-order valence-corrected chi connectivity index (χ0v) is 10.7. The van der Waals surface area contributed by atoms with Crippen LogP contribution in [0.1, 0.15) is 11.1 Å². The van der Waals surface area contributed by atoms with Crippen molar-refractivity contribution in [3.63, 3.8) is 0 Å². The summed E-state index contributed by atoms with van der Waals surface area (Å²) in [6, 6.07) is 3.31. The Hall–Kier alpha value is -2.04. The van der Waals surface area contributed by atoms with E-state index in [1.165, 1.54) is 13.2 Å². The van der Waals surface area contributed by atoms with E-state index in [1.54, 1.807) is 10.9 Å². The predicted octanol–water partition coefficient (Wildman–Crippen LogP) is 2.49. The molecule has 0 atom stereocenters. The number of hydrogen-bond acceptors (Lipinski definition) is 3. The van der Waals surface area contributed by atoms with Gasteiger partial charge in [-0.15, -0.1) is 0 Å². The molecule has 2 rings (SSSR count). The summed E-state index contributed by atoms with van der Waals surface area (Å²) in [5.74, 6) is -0.115. The van der Waals surface area contributed by atoms with Gasteiger partial charge >= 0.3 is 0 Å². The molecule has 0 aliphatic carbocycles. The first-order chi connectivity index (χ1) is 8.60. The van der Waals surface area contributed by atoms with Crippen LogP contribution in [0, 0.1) is 12.7 Å². The number of benzene rings is 1. The summed E-state index contributed by atoms with van der Waals surface area (Å²) in [6.07, 6.45) is 3.68. The third kappa shape index (κ3) is 2.61. The van der Waals surface area contributed by atoms with Crippen molar-refractivity contribution in [1.82, 2.24) is 9.78 Å². The lowest BCUT2D eigenvalue weighted by Crippen LogP contribution is -2.02. The molecule has 1 aromatic carbocycles. The predicted molar refractivity (Wildman–Crippen MR) is 68.2 cm³/mol. The van der Waals surface area contributed by atoms with Gasteiger partial charge < -0.3 is 10.1 Å². The molecule has 18 heavy (non-hydrogen) atoms. The van der Waals surface area contributed by atoms with Crippen molar-refractivity contribution in [2.45, 2.75) is 13.5 Å². The number of anilines is 1. The number of nitrogens with zero attached hydrogens (tertiary/aromatic N) is 2. The van der Waals surface area contributed by atoms with E-state index in [9.17, 15) is 4.39 Å². The maximum absolute atomic E-state index is 13.7. The van der Waals surface area contributed by atoms with Gasteiger partial charge in [-0.05, 0) is 24.6 Å². The molecule has 0 saturated carbocycles. The van der Waals surface area contributed by atoms with Gasteiger partial charge in [0.2, 0.25) is 0 Å². The average Bonchev–Trinajstić information content (AvgIpc) is 2.72. The second kappa shape index (κ2) is 5.08. The molecule has 0 amide bonds. The Labute approximate surface area is 105 Å². The summed E-state index contributed by atoms with van der Waals surface area (Å²) in [6.45, 7) is 2.42. The number of ether oxygens (including phenoxy) is 1. The zero-order chi connectivity index (χ0) is 13.1. The van der Waals surface area contributed by atoms with E-state index in [0.717, 1.165) is 11.1 Å². The number of methoxy groups -OCH3 is 1. The van der Waals surface area contributed by atoms with Crippen molar-refractivity contribution < 1.29 is 9.13 Å². The van der Waals surface area contributed by atoms with Gasteiger partial charge in [-0.2, -0.15) is 5.10 Å². The van der Waals surface area contributed by atoms with Crippen LogP contribution in [0.3, 0.4) is 0 Å². The second-order valence-electron chi connectivity index (χ2n) is 4.20. The van der Waals surface area contributed by atoms with E-state index in [-0.39, 0.29) is 11.6 Å². The van der Waals surface area contributed by atoms with Crippen LogP contribution in [0.5, 0.6) is 5.75 Å². The van der Waals surface area contributed by atoms with Crippen LogP contribution >= 0.6 is 0 Å². The van der Waals surface area contributed by atoms with Crippen LogP contribution in [-0.4, -0.2) is 16.9 Å². The molecule has 0 aliphatic heterocycles. The topological polar surface area (TPSA) is 39.1 Å². The van der Waals surface area contributed by atoms with Crippen molar-refractivity contribution in [3.05, 3.63) is 41.5 Å². The van der Waals surface area contributed by atoms with Crippen LogP contribution < -0.4 is 10.1 Å². The number of hydrogen-bond donors (Lipinski definition) is 1. The third-order valence-electron chi connectivity index (χ3n) is 2.63. The average molecular weight is 249 g/mol. The van der Waals surface area contributed by atoms with Gasteiger partial charge in [0.05, 0.1) is 19.0 Å². The molecule has 0 radical (unpaired) electrons. The Morgan fingerprint density at radius 2 is 2.22 bits per heavy atom. The molecule has 0 unspecified atom stereocenters. The summed E-state index contributed by atoms with van der Waals surface area (Å²) in [5, 5.41) is 7.24. The highest BCUT2D eigenvalue weighted by Gasteiger charge is 2.10. The molecule has 0 spiro atoms. The lowest BCUT2D eigenvalue weighted by atomic mass is 10.2. The molecule has 0 fully saturated rings. The summed E-state index contributed by atoms with van der Waals surface area (Å²) in [7, 11) is 3.32. The number of aryl methyl sites for hydroxylation is 2. The number of halogens is 1. The van der Waals surface area contributed by atoms with Crippen molar-refractivity contribution in [3.8, 4) is 5.75 Å². The van der Waals surface area contributed by atoms with Crippen molar-refractivity contribution in [2.75, 3.05) is 12.4 Å². The first-order valence-electron chi connectivity index (χ1n) is 5.65. The molecular formula is C13H16FN3O. The van der Waals surface area contributed by atoms with Gasteiger partial charge in [0.15, 0.2) is 11.6 Å². The minimum atomic E-state index is -0.355. The summed E-state index contributed by atoms with van der Waals surface area (Å²) < 4.78 is 20.5. The van der Waals surface area contributed by atoms with Gasteiger partial charge in [0.1, 0.15) is 0 Å². The molecule has 5 heteroatoms. The van der Waals surface area contributed by atoms with E-state index in [0.29, 0.717) is 12.2 Å². The quantitative estimate of drug-likeness (QED) is 0.904. The molecule has 0 saturated heterocycles. The molecule has 4 nitrogen and oxygen atoms in total. The number of aromatic nitrogens is 2. The minimum Gasteiger partial charge on any atom is -0.492 e. The Kier molecular flexibility index (Phi) is 3.50. The monoisotopic (exact) mass is 249 g/mol. The SMILES string of the molecule is COc1c(F)cc(C)cc1NCc1cnn(C)c1. The maximum atomic E-state index is 13.7. The lowest BCUT2D eigenvalue weighted by Gasteiger charge is -2.12. The Bertz CT molecular complexity index is 551. The highest BCUT2D eigenvalue weighted by molar-refractivity contribution is 5.58. The molecule has 1 heterocycles. The van der Waals surface area contributed by atoms with Crippen LogP contribution in [0.4, 0.5) is 10.1 Å². The van der Waals surface area contributed by atoms with Crippen LogP contribution in [0.2, 0.25) is 0 Å².